The summed E-state index contributed by atoms with van der Waals surface area (Å²) in [6.07, 6.45) is 6.60. The molecule has 144 valence electrons. The molecule has 0 radical (unpaired) electrons. The van der Waals surface area contributed by atoms with Gasteiger partial charge in [0.1, 0.15) is 5.82 Å². The topological polar surface area (TPSA) is 64.0 Å². The Hall–Kier alpha value is -2.95. The van der Waals surface area contributed by atoms with E-state index in [1.54, 1.807) is 10.6 Å². The van der Waals surface area contributed by atoms with Crippen molar-refractivity contribution in [1.82, 2.24) is 9.55 Å². The van der Waals surface area contributed by atoms with Crippen LogP contribution in [0.15, 0.2) is 53.3 Å². The molecule has 1 amide bonds. The van der Waals surface area contributed by atoms with E-state index in [4.69, 9.17) is 0 Å². The molecule has 1 N–H and O–H groups in total. The third kappa shape index (κ3) is 3.84. The molecule has 0 aliphatic heterocycles. The maximum absolute atomic E-state index is 13.0. The van der Waals surface area contributed by atoms with Gasteiger partial charge in [-0.25, -0.2) is 4.98 Å². The summed E-state index contributed by atoms with van der Waals surface area (Å²) in [5.74, 6) is 1.16. The number of carbonyl (C=O) groups is 1. The quantitative estimate of drug-likeness (QED) is 0.725. The maximum atomic E-state index is 13.0. The van der Waals surface area contributed by atoms with Crippen molar-refractivity contribution in [1.29, 1.82) is 0 Å². The lowest BCUT2D eigenvalue weighted by Gasteiger charge is -2.21. The third-order valence-corrected chi connectivity index (χ3v) is 5.53. The first-order valence-electron chi connectivity index (χ1n) is 10.0. The standard InChI is InChI=1S/C23H25N3O2/c1-16-24-21-13-6-5-12-20(21)23(28)26(16)19-11-7-10-18(15-19)25-22(27)14-17-8-3-2-4-9-17/h5-7,10-13,15,17H,2-4,8-9,14H2,1H3,(H,25,27). The average Bonchev–Trinajstić information content (AvgIpc) is 2.69. The second-order valence-electron chi connectivity index (χ2n) is 7.62. The van der Waals surface area contributed by atoms with Crippen molar-refractivity contribution in [3.05, 3.63) is 64.7 Å². The number of amides is 1. The zero-order valence-electron chi connectivity index (χ0n) is 16.1. The van der Waals surface area contributed by atoms with E-state index >= 15 is 0 Å². The molecule has 0 bridgehead atoms. The van der Waals surface area contributed by atoms with Crippen molar-refractivity contribution >= 4 is 22.5 Å². The van der Waals surface area contributed by atoms with E-state index in [-0.39, 0.29) is 11.5 Å². The fourth-order valence-corrected chi connectivity index (χ4v) is 4.14. The molecule has 5 heteroatoms. The first-order chi connectivity index (χ1) is 13.6. The summed E-state index contributed by atoms with van der Waals surface area (Å²) in [5.41, 5.74) is 2.00. The molecule has 0 saturated heterocycles. The Morgan fingerprint density at radius 3 is 2.71 bits per heavy atom. The van der Waals surface area contributed by atoms with Gasteiger partial charge in [0.2, 0.25) is 5.91 Å². The number of hydrogen-bond acceptors (Lipinski definition) is 3. The lowest BCUT2D eigenvalue weighted by molar-refractivity contribution is -0.117. The molecule has 0 spiro atoms. The van der Waals surface area contributed by atoms with Crippen molar-refractivity contribution < 1.29 is 4.79 Å². The molecule has 1 aliphatic carbocycles. The molecule has 0 unspecified atom stereocenters. The zero-order chi connectivity index (χ0) is 19.5. The first-order valence-corrected chi connectivity index (χ1v) is 10.0. The number of para-hydroxylation sites is 1. The molecule has 1 saturated carbocycles. The van der Waals surface area contributed by atoms with Crippen LogP contribution in [0.4, 0.5) is 5.69 Å². The van der Waals surface area contributed by atoms with Crippen LogP contribution in [0.25, 0.3) is 16.6 Å². The molecule has 28 heavy (non-hydrogen) atoms. The van der Waals surface area contributed by atoms with Crippen LogP contribution in [0, 0.1) is 12.8 Å². The van der Waals surface area contributed by atoms with Gasteiger partial charge in [0.25, 0.3) is 5.56 Å². The molecule has 0 atom stereocenters. The SMILES string of the molecule is Cc1nc2ccccc2c(=O)n1-c1cccc(NC(=O)CC2CCCCC2)c1. The second kappa shape index (κ2) is 7.97. The fourth-order valence-electron chi connectivity index (χ4n) is 4.14. The van der Waals surface area contributed by atoms with E-state index in [1.807, 2.05) is 49.4 Å². The van der Waals surface area contributed by atoms with Gasteiger partial charge in [-0.05, 0) is 56.0 Å². The van der Waals surface area contributed by atoms with Crippen LogP contribution in [-0.4, -0.2) is 15.5 Å². The smallest absolute Gasteiger partial charge is 0.265 e. The van der Waals surface area contributed by atoms with Gasteiger partial charge in [-0.1, -0.05) is 37.5 Å². The van der Waals surface area contributed by atoms with Crippen molar-refractivity contribution in [2.24, 2.45) is 5.92 Å². The highest BCUT2D eigenvalue weighted by atomic mass is 16.1. The summed E-state index contributed by atoms with van der Waals surface area (Å²) in [5, 5.41) is 3.58. The highest BCUT2D eigenvalue weighted by Crippen LogP contribution is 2.26. The molecular weight excluding hydrogens is 350 g/mol. The van der Waals surface area contributed by atoms with Crippen molar-refractivity contribution in [2.45, 2.75) is 45.4 Å². The van der Waals surface area contributed by atoms with Gasteiger partial charge in [0.15, 0.2) is 0 Å². The predicted octanol–water partition coefficient (Wildman–Crippen LogP) is 4.60. The van der Waals surface area contributed by atoms with Gasteiger partial charge in [-0.2, -0.15) is 0 Å². The van der Waals surface area contributed by atoms with Crippen LogP contribution in [0.3, 0.4) is 0 Å². The van der Waals surface area contributed by atoms with Crippen LogP contribution in [0.2, 0.25) is 0 Å². The monoisotopic (exact) mass is 375 g/mol. The highest BCUT2D eigenvalue weighted by molar-refractivity contribution is 5.91. The minimum absolute atomic E-state index is 0.0461. The van der Waals surface area contributed by atoms with E-state index in [2.05, 4.69) is 10.3 Å². The molecule has 5 nitrogen and oxygen atoms in total. The third-order valence-electron chi connectivity index (χ3n) is 5.53. The summed E-state index contributed by atoms with van der Waals surface area (Å²) in [6.45, 7) is 1.82. The van der Waals surface area contributed by atoms with Crippen molar-refractivity contribution in [3.8, 4) is 5.69 Å². The molecule has 3 aromatic rings. The predicted molar refractivity (Wildman–Crippen MR) is 112 cm³/mol. The number of hydrogen-bond donors (Lipinski definition) is 1. The number of aryl methyl sites for hydroxylation is 1. The van der Waals surface area contributed by atoms with Gasteiger partial charge in [-0.3, -0.25) is 14.2 Å². The summed E-state index contributed by atoms with van der Waals surface area (Å²) in [6, 6.07) is 14.8. The van der Waals surface area contributed by atoms with Crippen LogP contribution < -0.4 is 10.9 Å². The summed E-state index contributed by atoms with van der Waals surface area (Å²) >= 11 is 0. The van der Waals surface area contributed by atoms with E-state index in [1.165, 1.54) is 19.3 Å². The van der Waals surface area contributed by atoms with Crippen LogP contribution in [-0.2, 0) is 4.79 Å². The summed E-state index contributed by atoms with van der Waals surface area (Å²) in [4.78, 5) is 30.0. The van der Waals surface area contributed by atoms with E-state index in [0.29, 0.717) is 40.4 Å². The van der Waals surface area contributed by atoms with Crippen molar-refractivity contribution in [3.63, 3.8) is 0 Å². The maximum Gasteiger partial charge on any atom is 0.265 e. The number of benzene rings is 2. The lowest BCUT2D eigenvalue weighted by atomic mass is 9.87. The van der Waals surface area contributed by atoms with E-state index in [9.17, 15) is 9.59 Å². The molecule has 4 rings (SSSR count). The fraction of sp³-hybridized carbons (Fsp3) is 0.348. The number of nitrogens with one attached hydrogen (secondary N) is 1. The Morgan fingerprint density at radius 1 is 1.11 bits per heavy atom. The Morgan fingerprint density at radius 2 is 1.89 bits per heavy atom. The molecule has 1 fully saturated rings. The van der Waals surface area contributed by atoms with Gasteiger partial charge >= 0.3 is 0 Å². The number of nitrogens with zero attached hydrogens (tertiary/aromatic N) is 2. The Balaban J connectivity index is 1.60. The number of aromatic nitrogens is 2. The number of carbonyl (C=O) groups excluding carboxylic acids is 1. The molecule has 1 aromatic heterocycles. The molecular formula is C23H25N3O2. The van der Waals surface area contributed by atoms with Gasteiger partial charge < -0.3 is 5.32 Å². The van der Waals surface area contributed by atoms with Crippen LogP contribution in [0.1, 0.15) is 44.3 Å². The zero-order valence-corrected chi connectivity index (χ0v) is 16.1. The van der Waals surface area contributed by atoms with Gasteiger partial charge in [-0.15, -0.1) is 0 Å². The molecule has 1 aliphatic rings. The van der Waals surface area contributed by atoms with Crippen LogP contribution >= 0.6 is 0 Å². The van der Waals surface area contributed by atoms with Gasteiger partial charge in [0.05, 0.1) is 16.6 Å². The molecule has 2 aromatic carbocycles. The van der Waals surface area contributed by atoms with Crippen LogP contribution in [0.5, 0.6) is 0 Å². The molecule has 1 heterocycles. The first kappa shape index (κ1) is 18.4. The average molecular weight is 375 g/mol. The second-order valence-corrected chi connectivity index (χ2v) is 7.62. The number of fused-ring (bicyclic) bond motifs is 1. The lowest BCUT2D eigenvalue weighted by Crippen LogP contribution is -2.22. The minimum atomic E-state index is -0.103. The highest BCUT2D eigenvalue weighted by Gasteiger charge is 2.17. The van der Waals surface area contributed by atoms with Crippen molar-refractivity contribution in [2.75, 3.05) is 5.32 Å². The van der Waals surface area contributed by atoms with E-state index < -0.39 is 0 Å². The minimum Gasteiger partial charge on any atom is -0.326 e. The Kier molecular flexibility index (Phi) is 5.24. The number of anilines is 1. The Labute approximate surface area is 164 Å². The number of rotatable bonds is 4. The Bertz CT molecular complexity index is 1060. The summed E-state index contributed by atoms with van der Waals surface area (Å²) < 4.78 is 1.60. The van der Waals surface area contributed by atoms with E-state index in [0.717, 1.165) is 12.8 Å². The van der Waals surface area contributed by atoms with Gasteiger partial charge in [0, 0.05) is 12.1 Å². The normalized spacial score (nSPS) is 14.9. The summed E-state index contributed by atoms with van der Waals surface area (Å²) in [7, 11) is 0. The largest absolute Gasteiger partial charge is 0.326 e.